The highest BCUT2D eigenvalue weighted by Gasteiger charge is 2.16. The minimum atomic E-state index is -3.62. The fourth-order valence-electron chi connectivity index (χ4n) is 2.28. The lowest BCUT2D eigenvalue weighted by molar-refractivity contribution is 0.102. The molecule has 0 saturated heterocycles. The average molecular weight is 372 g/mol. The molecule has 2 N–H and O–H groups in total. The van der Waals surface area contributed by atoms with E-state index in [9.17, 15) is 13.2 Å². The van der Waals surface area contributed by atoms with Crippen molar-refractivity contribution in [2.24, 2.45) is 0 Å². The Hall–Kier alpha value is -2.89. The number of amides is 1. The van der Waals surface area contributed by atoms with Crippen LogP contribution in [0.2, 0.25) is 0 Å². The molecule has 2 aromatic carbocycles. The number of carbonyl (C=O) groups excluding carboxylic acids is 1. The van der Waals surface area contributed by atoms with Gasteiger partial charge in [-0.25, -0.2) is 13.1 Å². The maximum Gasteiger partial charge on any atom is 0.255 e. The van der Waals surface area contributed by atoms with E-state index in [1.54, 1.807) is 30.0 Å². The molecule has 136 valence electrons. The predicted octanol–water partition coefficient (Wildman–Crippen LogP) is 2.09. The summed E-state index contributed by atoms with van der Waals surface area (Å²) < 4.78 is 26.2. The summed E-state index contributed by atoms with van der Waals surface area (Å²) in [6.07, 6.45) is 0. The van der Waals surface area contributed by atoms with E-state index < -0.39 is 15.9 Å². The Bertz CT molecular complexity index is 992. The lowest BCUT2D eigenvalue weighted by atomic mass is 10.1. The number of rotatable bonds is 5. The number of hydrogen-bond donors (Lipinski definition) is 2. The minimum Gasteiger partial charge on any atom is -0.378 e. The SMILES string of the molecule is CNS(=O)(=O)c1ccc(C)c(NC(=O)c2cc(C#N)cc(N(C)C)c2)c1. The molecule has 0 saturated carbocycles. The molecule has 0 atom stereocenters. The van der Waals surface area contributed by atoms with Gasteiger partial charge in [-0.05, 0) is 49.9 Å². The third kappa shape index (κ3) is 4.20. The zero-order valence-corrected chi connectivity index (χ0v) is 15.8. The molecule has 7 nitrogen and oxygen atoms in total. The molecule has 26 heavy (non-hydrogen) atoms. The Morgan fingerprint density at radius 2 is 1.85 bits per heavy atom. The molecule has 0 spiro atoms. The highest BCUT2D eigenvalue weighted by atomic mass is 32.2. The van der Waals surface area contributed by atoms with Gasteiger partial charge >= 0.3 is 0 Å². The topological polar surface area (TPSA) is 102 Å². The van der Waals surface area contributed by atoms with Gasteiger partial charge in [-0.2, -0.15) is 5.26 Å². The zero-order chi connectivity index (χ0) is 19.5. The van der Waals surface area contributed by atoms with Crippen LogP contribution < -0.4 is 14.9 Å². The fourth-order valence-corrected chi connectivity index (χ4v) is 3.04. The van der Waals surface area contributed by atoms with Gasteiger partial charge in [0.05, 0.1) is 16.5 Å². The van der Waals surface area contributed by atoms with Gasteiger partial charge in [-0.1, -0.05) is 6.07 Å². The summed E-state index contributed by atoms with van der Waals surface area (Å²) in [5, 5.41) is 11.9. The van der Waals surface area contributed by atoms with Gasteiger partial charge in [0, 0.05) is 31.0 Å². The molecule has 0 unspecified atom stereocenters. The lowest BCUT2D eigenvalue weighted by Gasteiger charge is -2.15. The first-order valence-corrected chi connectivity index (χ1v) is 9.24. The van der Waals surface area contributed by atoms with Crippen molar-refractivity contribution in [3.63, 3.8) is 0 Å². The molecule has 8 heteroatoms. The van der Waals surface area contributed by atoms with Crippen molar-refractivity contribution in [3.05, 3.63) is 53.1 Å². The Balaban J connectivity index is 2.41. The number of aryl methyl sites for hydroxylation is 1. The van der Waals surface area contributed by atoms with Gasteiger partial charge in [-0.15, -0.1) is 0 Å². The van der Waals surface area contributed by atoms with Gasteiger partial charge in [0.15, 0.2) is 0 Å². The molecule has 2 aromatic rings. The molecule has 0 radical (unpaired) electrons. The van der Waals surface area contributed by atoms with E-state index in [1.807, 2.05) is 20.2 Å². The minimum absolute atomic E-state index is 0.0562. The van der Waals surface area contributed by atoms with E-state index in [4.69, 9.17) is 5.26 Å². The van der Waals surface area contributed by atoms with E-state index in [0.29, 0.717) is 16.8 Å². The number of carbonyl (C=O) groups is 1. The Morgan fingerprint density at radius 1 is 1.15 bits per heavy atom. The van der Waals surface area contributed by atoms with Crippen LogP contribution in [0.4, 0.5) is 11.4 Å². The first-order valence-electron chi connectivity index (χ1n) is 7.76. The highest BCUT2D eigenvalue weighted by Crippen LogP contribution is 2.22. The average Bonchev–Trinajstić information content (AvgIpc) is 2.62. The van der Waals surface area contributed by atoms with Crippen molar-refractivity contribution in [1.29, 1.82) is 5.26 Å². The van der Waals surface area contributed by atoms with Crippen molar-refractivity contribution in [2.45, 2.75) is 11.8 Å². The number of hydrogen-bond acceptors (Lipinski definition) is 5. The quantitative estimate of drug-likeness (QED) is 0.837. The van der Waals surface area contributed by atoms with Gasteiger partial charge in [-0.3, -0.25) is 4.79 Å². The zero-order valence-electron chi connectivity index (χ0n) is 15.0. The summed E-state index contributed by atoms with van der Waals surface area (Å²) in [6.45, 7) is 1.77. The van der Waals surface area contributed by atoms with E-state index >= 15 is 0 Å². The Morgan fingerprint density at radius 3 is 2.42 bits per heavy atom. The molecule has 0 bridgehead atoms. The molecule has 0 aromatic heterocycles. The van der Waals surface area contributed by atoms with Crippen LogP contribution >= 0.6 is 0 Å². The molecule has 0 fully saturated rings. The first kappa shape index (κ1) is 19.4. The van der Waals surface area contributed by atoms with E-state index in [-0.39, 0.29) is 4.90 Å². The summed E-state index contributed by atoms with van der Waals surface area (Å²) >= 11 is 0. The third-order valence-corrected chi connectivity index (χ3v) is 5.27. The second-order valence-electron chi connectivity index (χ2n) is 5.91. The molecule has 2 rings (SSSR count). The molecule has 0 aliphatic rings. The summed E-state index contributed by atoms with van der Waals surface area (Å²) in [7, 11) is 1.33. The van der Waals surface area contributed by atoms with Crippen LogP contribution in [0.25, 0.3) is 0 Å². The van der Waals surface area contributed by atoms with Crippen molar-refractivity contribution in [3.8, 4) is 6.07 Å². The summed E-state index contributed by atoms with van der Waals surface area (Å²) in [4.78, 5) is 14.5. The number of sulfonamides is 1. The van der Waals surface area contributed by atoms with Crippen molar-refractivity contribution >= 4 is 27.3 Å². The Kier molecular flexibility index (Phi) is 5.65. The van der Waals surface area contributed by atoms with Crippen LogP contribution in [-0.2, 0) is 10.0 Å². The smallest absolute Gasteiger partial charge is 0.255 e. The highest BCUT2D eigenvalue weighted by molar-refractivity contribution is 7.89. The first-order chi connectivity index (χ1) is 12.2. The maximum absolute atomic E-state index is 12.6. The van der Waals surface area contributed by atoms with Crippen LogP contribution in [0.1, 0.15) is 21.5 Å². The van der Waals surface area contributed by atoms with Crippen molar-refractivity contribution in [1.82, 2.24) is 4.72 Å². The normalized spacial score (nSPS) is 10.9. The third-order valence-electron chi connectivity index (χ3n) is 3.86. The molecular weight excluding hydrogens is 352 g/mol. The van der Waals surface area contributed by atoms with Crippen LogP contribution in [-0.4, -0.2) is 35.5 Å². The summed E-state index contributed by atoms with van der Waals surface area (Å²) in [5.74, 6) is -0.424. The monoisotopic (exact) mass is 372 g/mol. The molecular formula is C18H20N4O3S. The second-order valence-corrected chi connectivity index (χ2v) is 7.80. The largest absolute Gasteiger partial charge is 0.378 e. The lowest BCUT2D eigenvalue weighted by Crippen LogP contribution is -2.19. The Labute approximate surface area is 153 Å². The van der Waals surface area contributed by atoms with Gasteiger partial charge in [0.25, 0.3) is 5.91 Å². The van der Waals surface area contributed by atoms with Crippen LogP contribution in [0.3, 0.4) is 0 Å². The van der Waals surface area contributed by atoms with Crippen LogP contribution in [0, 0.1) is 18.3 Å². The van der Waals surface area contributed by atoms with Crippen LogP contribution in [0.15, 0.2) is 41.3 Å². The number of anilines is 2. The summed E-state index contributed by atoms with van der Waals surface area (Å²) in [6, 6.07) is 11.4. The van der Waals surface area contributed by atoms with E-state index in [0.717, 1.165) is 11.3 Å². The number of benzene rings is 2. The van der Waals surface area contributed by atoms with Gasteiger partial charge in [0.1, 0.15) is 0 Å². The standard InChI is InChI=1S/C18H20N4O3S/c1-12-5-6-16(26(24,25)20-2)10-17(12)21-18(23)14-7-13(11-19)8-15(9-14)22(3)4/h5-10,20H,1-4H3,(H,21,23). The maximum atomic E-state index is 12.6. The van der Waals surface area contributed by atoms with E-state index in [1.165, 1.54) is 25.2 Å². The molecule has 1 amide bonds. The van der Waals surface area contributed by atoms with Crippen molar-refractivity contribution in [2.75, 3.05) is 31.4 Å². The van der Waals surface area contributed by atoms with E-state index in [2.05, 4.69) is 10.0 Å². The molecule has 0 aliphatic heterocycles. The predicted molar refractivity (Wildman–Crippen MR) is 101 cm³/mol. The molecule has 0 aliphatic carbocycles. The number of nitrogens with one attached hydrogen (secondary N) is 2. The van der Waals surface area contributed by atoms with Crippen LogP contribution in [0.5, 0.6) is 0 Å². The second kappa shape index (κ2) is 7.56. The number of nitriles is 1. The van der Waals surface area contributed by atoms with Gasteiger partial charge in [0.2, 0.25) is 10.0 Å². The number of nitrogens with zero attached hydrogens (tertiary/aromatic N) is 2. The summed E-state index contributed by atoms with van der Waals surface area (Å²) in [5.41, 5.74) is 2.51. The van der Waals surface area contributed by atoms with Gasteiger partial charge < -0.3 is 10.2 Å². The van der Waals surface area contributed by atoms with Crippen molar-refractivity contribution < 1.29 is 13.2 Å². The fraction of sp³-hybridized carbons (Fsp3) is 0.222. The molecule has 0 heterocycles.